The maximum atomic E-state index is 11.2. The topological polar surface area (TPSA) is 64.3 Å². The highest BCUT2D eigenvalue weighted by Crippen LogP contribution is 1.97. The minimum atomic E-state index is 0.0444. The molecule has 0 aromatic carbocycles. The molecule has 0 fully saturated rings. The maximum absolute atomic E-state index is 11.2. The van der Waals surface area contributed by atoms with Crippen molar-refractivity contribution < 1.29 is 9.53 Å². The summed E-state index contributed by atoms with van der Waals surface area (Å²) >= 11 is 1.54. The van der Waals surface area contributed by atoms with E-state index in [1.165, 1.54) is 0 Å². The van der Waals surface area contributed by atoms with Crippen LogP contribution >= 0.6 is 11.8 Å². The SMILES string of the molecule is COCC(C)NC(=O)CSCCN. The van der Waals surface area contributed by atoms with Gasteiger partial charge in [-0.2, -0.15) is 11.8 Å². The summed E-state index contributed by atoms with van der Waals surface area (Å²) in [5, 5.41) is 2.81. The first-order chi connectivity index (χ1) is 6.20. The van der Waals surface area contributed by atoms with Gasteiger partial charge in [0, 0.05) is 25.4 Å². The molecule has 0 heterocycles. The van der Waals surface area contributed by atoms with E-state index in [1.807, 2.05) is 6.92 Å². The highest BCUT2D eigenvalue weighted by molar-refractivity contribution is 7.99. The molecule has 0 aliphatic carbocycles. The molecule has 0 aromatic heterocycles. The van der Waals surface area contributed by atoms with Crippen LogP contribution in [0.2, 0.25) is 0 Å². The fraction of sp³-hybridized carbons (Fsp3) is 0.875. The zero-order valence-corrected chi connectivity index (χ0v) is 9.02. The van der Waals surface area contributed by atoms with Gasteiger partial charge in [0.15, 0.2) is 0 Å². The predicted molar refractivity (Wildman–Crippen MR) is 55.9 cm³/mol. The van der Waals surface area contributed by atoms with E-state index in [2.05, 4.69) is 5.32 Å². The zero-order valence-electron chi connectivity index (χ0n) is 8.21. The zero-order chi connectivity index (χ0) is 10.1. The van der Waals surface area contributed by atoms with Gasteiger partial charge in [0.2, 0.25) is 5.91 Å². The summed E-state index contributed by atoms with van der Waals surface area (Å²) in [7, 11) is 1.62. The number of carbonyl (C=O) groups excluding carboxylic acids is 1. The summed E-state index contributed by atoms with van der Waals surface area (Å²) in [5.41, 5.74) is 5.29. The fourth-order valence-electron chi connectivity index (χ4n) is 0.856. The third-order valence-corrected chi connectivity index (χ3v) is 2.31. The molecule has 0 aromatic rings. The second-order valence-corrected chi connectivity index (χ2v) is 3.87. The van der Waals surface area contributed by atoms with Gasteiger partial charge in [-0.05, 0) is 6.92 Å². The first kappa shape index (κ1) is 12.7. The molecule has 78 valence electrons. The van der Waals surface area contributed by atoms with Crippen molar-refractivity contribution in [2.75, 3.05) is 31.8 Å². The van der Waals surface area contributed by atoms with E-state index in [0.29, 0.717) is 18.9 Å². The number of hydrogen-bond acceptors (Lipinski definition) is 4. The van der Waals surface area contributed by atoms with E-state index in [0.717, 1.165) is 5.75 Å². The smallest absolute Gasteiger partial charge is 0.230 e. The average Bonchev–Trinajstić information content (AvgIpc) is 2.05. The monoisotopic (exact) mass is 206 g/mol. The van der Waals surface area contributed by atoms with Crippen molar-refractivity contribution in [3.8, 4) is 0 Å². The van der Waals surface area contributed by atoms with Gasteiger partial charge in [-0.1, -0.05) is 0 Å². The lowest BCUT2D eigenvalue weighted by atomic mass is 10.3. The molecular weight excluding hydrogens is 188 g/mol. The molecule has 0 rings (SSSR count). The van der Waals surface area contributed by atoms with Crippen molar-refractivity contribution in [2.24, 2.45) is 5.73 Å². The standard InChI is InChI=1S/C8H18N2O2S/c1-7(5-12-2)10-8(11)6-13-4-3-9/h7H,3-6,9H2,1-2H3,(H,10,11). The van der Waals surface area contributed by atoms with Crippen LogP contribution in [-0.2, 0) is 9.53 Å². The van der Waals surface area contributed by atoms with Crippen molar-refractivity contribution in [2.45, 2.75) is 13.0 Å². The van der Waals surface area contributed by atoms with Gasteiger partial charge in [0.1, 0.15) is 0 Å². The van der Waals surface area contributed by atoms with Crippen molar-refractivity contribution in [3.05, 3.63) is 0 Å². The summed E-state index contributed by atoms with van der Waals surface area (Å²) < 4.78 is 4.89. The second-order valence-electron chi connectivity index (χ2n) is 2.77. The van der Waals surface area contributed by atoms with Crippen molar-refractivity contribution in [3.63, 3.8) is 0 Å². The number of nitrogens with one attached hydrogen (secondary N) is 1. The Morgan fingerprint density at radius 3 is 2.92 bits per heavy atom. The van der Waals surface area contributed by atoms with E-state index >= 15 is 0 Å². The Balaban J connectivity index is 3.38. The summed E-state index contributed by atoms with van der Waals surface area (Å²) in [6.07, 6.45) is 0. The summed E-state index contributed by atoms with van der Waals surface area (Å²) in [5.74, 6) is 1.35. The largest absolute Gasteiger partial charge is 0.383 e. The third kappa shape index (κ3) is 8.08. The Bertz CT molecular complexity index is 144. The number of thioether (sulfide) groups is 1. The molecular formula is C8H18N2O2S. The molecule has 0 spiro atoms. The molecule has 5 heteroatoms. The van der Waals surface area contributed by atoms with Crippen LogP contribution in [-0.4, -0.2) is 43.7 Å². The molecule has 0 aliphatic rings. The van der Waals surface area contributed by atoms with E-state index in [-0.39, 0.29) is 11.9 Å². The van der Waals surface area contributed by atoms with Crippen LogP contribution in [0.4, 0.5) is 0 Å². The average molecular weight is 206 g/mol. The van der Waals surface area contributed by atoms with E-state index in [1.54, 1.807) is 18.9 Å². The lowest BCUT2D eigenvalue weighted by molar-refractivity contribution is -0.119. The molecule has 1 amide bonds. The molecule has 0 saturated heterocycles. The Labute approximate surface area is 83.6 Å². The Morgan fingerprint density at radius 2 is 2.38 bits per heavy atom. The number of amides is 1. The van der Waals surface area contributed by atoms with Crippen LogP contribution < -0.4 is 11.1 Å². The first-order valence-corrected chi connectivity index (χ1v) is 5.42. The van der Waals surface area contributed by atoms with Crippen molar-refractivity contribution in [1.29, 1.82) is 0 Å². The van der Waals surface area contributed by atoms with E-state index < -0.39 is 0 Å². The number of nitrogens with two attached hydrogens (primary N) is 1. The van der Waals surface area contributed by atoms with Gasteiger partial charge >= 0.3 is 0 Å². The van der Waals surface area contributed by atoms with Gasteiger partial charge in [0.05, 0.1) is 12.4 Å². The number of ether oxygens (including phenoxy) is 1. The van der Waals surface area contributed by atoms with Gasteiger partial charge in [0.25, 0.3) is 0 Å². The quantitative estimate of drug-likeness (QED) is 0.568. The highest BCUT2D eigenvalue weighted by atomic mass is 32.2. The minimum absolute atomic E-state index is 0.0444. The van der Waals surface area contributed by atoms with Crippen LogP contribution in [0.5, 0.6) is 0 Å². The van der Waals surface area contributed by atoms with Crippen molar-refractivity contribution in [1.82, 2.24) is 5.32 Å². The third-order valence-electron chi connectivity index (χ3n) is 1.32. The number of methoxy groups -OCH3 is 1. The highest BCUT2D eigenvalue weighted by Gasteiger charge is 2.05. The minimum Gasteiger partial charge on any atom is -0.383 e. The van der Waals surface area contributed by atoms with Crippen LogP contribution in [0, 0.1) is 0 Å². The molecule has 0 aliphatic heterocycles. The second kappa shape index (κ2) is 8.34. The molecule has 4 nitrogen and oxygen atoms in total. The van der Waals surface area contributed by atoms with Crippen LogP contribution in [0.1, 0.15) is 6.92 Å². The van der Waals surface area contributed by atoms with E-state index in [9.17, 15) is 4.79 Å². The molecule has 0 saturated carbocycles. The van der Waals surface area contributed by atoms with E-state index in [4.69, 9.17) is 10.5 Å². The van der Waals surface area contributed by atoms with Crippen molar-refractivity contribution >= 4 is 17.7 Å². The van der Waals surface area contributed by atoms with Crippen LogP contribution in [0.15, 0.2) is 0 Å². The molecule has 13 heavy (non-hydrogen) atoms. The molecule has 0 bridgehead atoms. The normalized spacial score (nSPS) is 12.5. The summed E-state index contributed by atoms with van der Waals surface area (Å²) in [6, 6.07) is 0.0796. The van der Waals surface area contributed by atoms with Gasteiger partial charge < -0.3 is 15.8 Å². The number of rotatable bonds is 7. The van der Waals surface area contributed by atoms with Gasteiger partial charge in [-0.15, -0.1) is 0 Å². The predicted octanol–water partition coefficient (Wildman–Crippen LogP) is -0.171. The van der Waals surface area contributed by atoms with Gasteiger partial charge in [-0.25, -0.2) is 0 Å². The van der Waals surface area contributed by atoms with Crippen LogP contribution in [0.3, 0.4) is 0 Å². The Morgan fingerprint density at radius 1 is 1.69 bits per heavy atom. The number of hydrogen-bond donors (Lipinski definition) is 2. The number of carbonyl (C=O) groups is 1. The Kier molecular flexibility index (Phi) is 8.18. The van der Waals surface area contributed by atoms with Gasteiger partial charge in [-0.3, -0.25) is 4.79 Å². The maximum Gasteiger partial charge on any atom is 0.230 e. The molecule has 1 unspecified atom stereocenters. The molecule has 1 atom stereocenters. The Hall–Kier alpha value is -0.260. The van der Waals surface area contributed by atoms with Crippen LogP contribution in [0.25, 0.3) is 0 Å². The molecule has 3 N–H and O–H groups in total. The molecule has 0 radical (unpaired) electrons. The first-order valence-electron chi connectivity index (χ1n) is 4.26. The fourth-order valence-corrected chi connectivity index (χ4v) is 1.44. The summed E-state index contributed by atoms with van der Waals surface area (Å²) in [4.78, 5) is 11.2. The summed E-state index contributed by atoms with van der Waals surface area (Å²) in [6.45, 7) is 3.08. The lowest BCUT2D eigenvalue weighted by Gasteiger charge is -2.12. The lowest BCUT2D eigenvalue weighted by Crippen LogP contribution is -2.36.